The summed E-state index contributed by atoms with van der Waals surface area (Å²) in [5.41, 5.74) is -0.668. The largest absolute Gasteiger partial charge is 0.467 e. The summed E-state index contributed by atoms with van der Waals surface area (Å²) >= 11 is 0. The molecule has 0 saturated carbocycles. The van der Waals surface area contributed by atoms with E-state index >= 15 is 0 Å². The van der Waals surface area contributed by atoms with Crippen molar-refractivity contribution >= 4 is 11.8 Å². The second-order valence-electron chi connectivity index (χ2n) is 7.26. The number of alkyl halides is 6. The van der Waals surface area contributed by atoms with Gasteiger partial charge < -0.3 is 14.2 Å². The van der Waals surface area contributed by atoms with Crippen LogP contribution in [-0.2, 0) is 28.9 Å². The van der Waals surface area contributed by atoms with Gasteiger partial charge in [-0.1, -0.05) is 12.1 Å². The molecule has 1 saturated heterocycles. The van der Waals surface area contributed by atoms with Crippen LogP contribution in [0, 0.1) is 5.92 Å². The Hall–Kier alpha value is -2.98. The molecular weight excluding hydrogens is 430 g/mol. The van der Waals surface area contributed by atoms with Crippen molar-refractivity contribution in [2.45, 2.75) is 31.9 Å². The first kappa shape index (κ1) is 22.7. The van der Waals surface area contributed by atoms with Crippen molar-refractivity contribution < 1.29 is 40.3 Å². The van der Waals surface area contributed by atoms with Crippen molar-refractivity contribution in [3.05, 3.63) is 59.5 Å². The monoisotopic (exact) mass is 448 g/mol. The minimum absolute atomic E-state index is 0.155. The number of nitrogens with zero attached hydrogens (tertiary/aromatic N) is 2. The summed E-state index contributed by atoms with van der Waals surface area (Å²) in [6.45, 7) is -2.28. The lowest BCUT2D eigenvalue weighted by molar-refractivity contribution is -0.165. The Labute approximate surface area is 173 Å². The number of carbonyl (C=O) groups excluding carboxylic acids is 2. The van der Waals surface area contributed by atoms with Gasteiger partial charge in [-0.3, -0.25) is 9.59 Å². The minimum atomic E-state index is -4.65. The van der Waals surface area contributed by atoms with Crippen LogP contribution in [0.1, 0.15) is 23.3 Å². The highest BCUT2D eigenvalue weighted by atomic mass is 19.4. The standard InChI is InChI=1S/C20H18F6N2O3/c21-19(22,23)12-28(11-16-5-2-6-31-16)18(30)14-8-17(29)27(10-14)9-13-3-1-4-15(7-13)20(24,25)26/h1-7,14H,8-12H2. The predicted molar refractivity (Wildman–Crippen MR) is 95.1 cm³/mol. The lowest BCUT2D eigenvalue weighted by Gasteiger charge is -2.26. The Morgan fingerprint density at radius 3 is 2.48 bits per heavy atom. The van der Waals surface area contributed by atoms with Crippen LogP contribution in [-0.4, -0.2) is 40.9 Å². The van der Waals surface area contributed by atoms with E-state index < -0.39 is 48.7 Å². The summed E-state index contributed by atoms with van der Waals surface area (Å²) in [7, 11) is 0. The van der Waals surface area contributed by atoms with Gasteiger partial charge in [0.2, 0.25) is 11.8 Å². The van der Waals surface area contributed by atoms with Gasteiger partial charge >= 0.3 is 12.4 Å². The average molecular weight is 448 g/mol. The molecule has 2 amide bonds. The Morgan fingerprint density at radius 1 is 1.13 bits per heavy atom. The highest BCUT2D eigenvalue weighted by Crippen LogP contribution is 2.31. The fraction of sp³-hybridized carbons (Fsp3) is 0.400. The molecule has 3 rings (SSSR count). The average Bonchev–Trinajstić information content (AvgIpc) is 3.29. The Bertz CT molecular complexity index is 924. The van der Waals surface area contributed by atoms with Crippen LogP contribution in [0.3, 0.4) is 0 Å². The van der Waals surface area contributed by atoms with Gasteiger partial charge in [0.15, 0.2) is 0 Å². The summed E-state index contributed by atoms with van der Waals surface area (Å²) in [4.78, 5) is 26.8. The summed E-state index contributed by atoms with van der Waals surface area (Å²) in [5, 5.41) is 0. The number of benzene rings is 1. The van der Waals surface area contributed by atoms with Crippen LogP contribution >= 0.6 is 0 Å². The van der Waals surface area contributed by atoms with Crippen LogP contribution in [0.15, 0.2) is 47.1 Å². The molecule has 0 radical (unpaired) electrons. The number of hydrogen-bond acceptors (Lipinski definition) is 3. The molecule has 0 bridgehead atoms. The first-order valence-corrected chi connectivity index (χ1v) is 9.24. The van der Waals surface area contributed by atoms with E-state index in [-0.39, 0.29) is 30.8 Å². The zero-order chi connectivity index (χ0) is 22.8. The fourth-order valence-corrected chi connectivity index (χ4v) is 3.43. The van der Waals surface area contributed by atoms with Crippen molar-refractivity contribution in [2.24, 2.45) is 5.92 Å². The third-order valence-electron chi connectivity index (χ3n) is 4.80. The van der Waals surface area contributed by atoms with Crippen LogP contribution < -0.4 is 0 Å². The summed E-state index contributed by atoms with van der Waals surface area (Å²) in [5.74, 6) is -2.26. The maximum atomic E-state index is 13.0. The van der Waals surface area contributed by atoms with Gasteiger partial charge in [-0.15, -0.1) is 0 Å². The van der Waals surface area contributed by atoms with E-state index in [4.69, 9.17) is 4.42 Å². The normalized spacial score (nSPS) is 17.3. The number of amides is 2. The Kier molecular flexibility index (Phi) is 6.33. The van der Waals surface area contributed by atoms with Gasteiger partial charge in [-0.2, -0.15) is 26.3 Å². The summed E-state index contributed by atoms with van der Waals surface area (Å²) in [6.07, 6.45) is -8.25. The minimum Gasteiger partial charge on any atom is -0.467 e. The fourth-order valence-electron chi connectivity index (χ4n) is 3.43. The number of halogens is 6. The highest BCUT2D eigenvalue weighted by molar-refractivity contribution is 5.89. The molecule has 2 aromatic rings. The third-order valence-corrected chi connectivity index (χ3v) is 4.80. The molecule has 1 fully saturated rings. The molecule has 5 nitrogen and oxygen atoms in total. The topological polar surface area (TPSA) is 53.8 Å². The Morgan fingerprint density at radius 2 is 1.87 bits per heavy atom. The van der Waals surface area contributed by atoms with Crippen LogP contribution in [0.2, 0.25) is 0 Å². The number of likely N-dealkylation sites (tertiary alicyclic amines) is 1. The van der Waals surface area contributed by atoms with Crippen molar-refractivity contribution in [3.8, 4) is 0 Å². The molecule has 0 spiro atoms. The Balaban J connectivity index is 1.70. The molecule has 0 N–H and O–H groups in total. The SMILES string of the molecule is O=C1CC(C(=O)N(Cc2ccco2)CC(F)(F)F)CN1Cc1cccc(C(F)(F)F)c1. The van der Waals surface area contributed by atoms with E-state index in [9.17, 15) is 35.9 Å². The molecule has 1 aromatic heterocycles. The van der Waals surface area contributed by atoms with Gasteiger partial charge in [-0.25, -0.2) is 0 Å². The van der Waals surface area contributed by atoms with Crippen molar-refractivity contribution in [2.75, 3.05) is 13.1 Å². The molecule has 31 heavy (non-hydrogen) atoms. The molecule has 1 aliphatic heterocycles. The zero-order valence-electron chi connectivity index (χ0n) is 16.0. The second kappa shape index (κ2) is 8.64. The van der Waals surface area contributed by atoms with Crippen molar-refractivity contribution in [3.63, 3.8) is 0 Å². The van der Waals surface area contributed by atoms with Gasteiger partial charge in [0.1, 0.15) is 12.3 Å². The van der Waals surface area contributed by atoms with Crippen LogP contribution in [0.25, 0.3) is 0 Å². The zero-order valence-corrected chi connectivity index (χ0v) is 16.0. The van der Waals surface area contributed by atoms with E-state index in [1.165, 1.54) is 35.4 Å². The number of carbonyl (C=O) groups is 2. The van der Waals surface area contributed by atoms with E-state index in [2.05, 4.69) is 0 Å². The first-order valence-electron chi connectivity index (χ1n) is 9.24. The molecule has 0 aliphatic carbocycles. The lowest BCUT2D eigenvalue weighted by Crippen LogP contribution is -2.42. The van der Waals surface area contributed by atoms with E-state index in [1.54, 1.807) is 0 Å². The lowest BCUT2D eigenvalue weighted by atomic mass is 10.1. The maximum absolute atomic E-state index is 13.0. The quantitative estimate of drug-likeness (QED) is 0.622. The van der Waals surface area contributed by atoms with E-state index in [1.807, 2.05) is 0 Å². The van der Waals surface area contributed by atoms with Crippen molar-refractivity contribution in [1.82, 2.24) is 9.80 Å². The van der Waals surface area contributed by atoms with Gasteiger partial charge in [-0.05, 0) is 29.8 Å². The van der Waals surface area contributed by atoms with Gasteiger partial charge in [0.25, 0.3) is 0 Å². The van der Waals surface area contributed by atoms with Crippen LogP contribution in [0.4, 0.5) is 26.3 Å². The predicted octanol–water partition coefficient (Wildman–Crippen LogP) is 4.24. The number of hydrogen-bond donors (Lipinski definition) is 0. The molecule has 168 valence electrons. The molecule has 2 heterocycles. The first-order chi connectivity index (χ1) is 14.4. The molecule has 1 aromatic carbocycles. The summed E-state index contributed by atoms with van der Waals surface area (Å²) < 4.78 is 82.5. The third kappa shape index (κ3) is 6.02. The molecule has 11 heteroatoms. The molecule has 1 unspecified atom stereocenters. The molecule has 1 atom stereocenters. The van der Waals surface area contributed by atoms with Crippen molar-refractivity contribution in [1.29, 1.82) is 0 Å². The van der Waals surface area contributed by atoms with E-state index in [0.29, 0.717) is 4.90 Å². The summed E-state index contributed by atoms with van der Waals surface area (Å²) in [6, 6.07) is 7.30. The smallest absolute Gasteiger partial charge is 0.416 e. The number of rotatable bonds is 6. The van der Waals surface area contributed by atoms with Gasteiger partial charge in [0, 0.05) is 19.5 Å². The molecule has 1 aliphatic rings. The van der Waals surface area contributed by atoms with Crippen LogP contribution in [0.5, 0.6) is 0 Å². The number of furan rings is 1. The maximum Gasteiger partial charge on any atom is 0.416 e. The second-order valence-corrected chi connectivity index (χ2v) is 7.26. The molecular formula is C20H18F6N2O3. The van der Waals surface area contributed by atoms with Gasteiger partial charge in [0.05, 0.1) is 24.3 Å². The highest BCUT2D eigenvalue weighted by Gasteiger charge is 2.40. The van der Waals surface area contributed by atoms with E-state index in [0.717, 1.165) is 12.1 Å².